The summed E-state index contributed by atoms with van der Waals surface area (Å²) in [6.45, 7) is 8.72. The predicted molar refractivity (Wildman–Crippen MR) is 203 cm³/mol. The molecule has 47 heavy (non-hydrogen) atoms. The van der Waals surface area contributed by atoms with Crippen LogP contribution >= 0.6 is 0 Å². The monoisotopic (exact) mass is 603 g/mol. The van der Waals surface area contributed by atoms with Gasteiger partial charge in [0.2, 0.25) is 0 Å². The third-order valence-corrected chi connectivity index (χ3v) is 9.54. The van der Waals surface area contributed by atoms with Crippen molar-refractivity contribution in [2.24, 2.45) is 0 Å². The van der Waals surface area contributed by atoms with Crippen LogP contribution in [0.4, 0.5) is 17.1 Å². The number of aryl methyl sites for hydroxylation is 4. The van der Waals surface area contributed by atoms with Crippen LogP contribution in [0.5, 0.6) is 0 Å². The summed E-state index contributed by atoms with van der Waals surface area (Å²) in [6.07, 6.45) is 0. The zero-order valence-electron chi connectivity index (χ0n) is 27.4. The highest BCUT2D eigenvalue weighted by molar-refractivity contribution is 6.03. The third-order valence-electron chi connectivity index (χ3n) is 9.54. The molecule has 0 amide bonds. The van der Waals surface area contributed by atoms with E-state index in [2.05, 4.69) is 184 Å². The minimum Gasteiger partial charge on any atom is -0.310 e. The summed E-state index contributed by atoms with van der Waals surface area (Å²) in [7, 11) is 0. The molecule has 0 aliphatic carbocycles. The van der Waals surface area contributed by atoms with Gasteiger partial charge in [-0.05, 0) is 142 Å². The van der Waals surface area contributed by atoms with E-state index in [0.29, 0.717) is 0 Å². The van der Waals surface area contributed by atoms with Crippen LogP contribution in [-0.4, -0.2) is 0 Å². The average molecular weight is 604 g/mol. The Morgan fingerprint density at radius 1 is 0.362 bits per heavy atom. The van der Waals surface area contributed by atoms with Crippen LogP contribution in [0.2, 0.25) is 0 Å². The lowest BCUT2D eigenvalue weighted by molar-refractivity contribution is 1.21. The number of hydrogen-bond acceptors (Lipinski definition) is 1. The molecule has 8 aromatic rings. The standard InChI is InChI=1S/C46H37N/c1-30-12-22-45(32(3)24-30)47(46-23-13-31(2)25-33(46)4)42-20-18-34(19-21-42)36-14-15-37-28-41-29-39(17-16-38(41)27-40(37)26-36)44-11-7-9-35-8-5-6-10-43(35)44/h5-29H,1-4H3. The third kappa shape index (κ3) is 5.34. The van der Waals surface area contributed by atoms with Crippen LogP contribution in [-0.2, 0) is 0 Å². The molecule has 0 aliphatic rings. The van der Waals surface area contributed by atoms with Gasteiger partial charge < -0.3 is 4.90 Å². The molecule has 0 radical (unpaired) electrons. The molecule has 0 unspecified atom stereocenters. The molecule has 0 atom stereocenters. The highest BCUT2D eigenvalue weighted by Gasteiger charge is 2.17. The maximum Gasteiger partial charge on any atom is 0.0491 e. The molecular weight excluding hydrogens is 567 g/mol. The topological polar surface area (TPSA) is 3.24 Å². The number of fused-ring (bicyclic) bond motifs is 3. The zero-order chi connectivity index (χ0) is 32.1. The van der Waals surface area contributed by atoms with Crippen molar-refractivity contribution in [3.63, 3.8) is 0 Å². The minimum atomic E-state index is 1.15. The molecule has 0 bridgehead atoms. The van der Waals surface area contributed by atoms with Crippen LogP contribution < -0.4 is 4.90 Å². The zero-order valence-corrected chi connectivity index (χ0v) is 27.4. The molecule has 1 nitrogen and oxygen atoms in total. The molecule has 226 valence electrons. The summed E-state index contributed by atoms with van der Waals surface area (Å²) in [5.74, 6) is 0. The number of hydrogen-bond donors (Lipinski definition) is 0. The van der Waals surface area contributed by atoms with Crippen molar-refractivity contribution in [3.8, 4) is 22.3 Å². The van der Waals surface area contributed by atoms with Crippen LogP contribution in [0, 0.1) is 27.7 Å². The van der Waals surface area contributed by atoms with Crippen molar-refractivity contribution in [2.75, 3.05) is 4.90 Å². The molecule has 1 heteroatoms. The van der Waals surface area contributed by atoms with E-state index in [1.54, 1.807) is 0 Å². The van der Waals surface area contributed by atoms with Gasteiger partial charge in [0, 0.05) is 17.1 Å². The van der Waals surface area contributed by atoms with Crippen molar-refractivity contribution in [3.05, 3.63) is 174 Å². The first-order valence-corrected chi connectivity index (χ1v) is 16.4. The van der Waals surface area contributed by atoms with Crippen LogP contribution in [0.3, 0.4) is 0 Å². The Hall–Kier alpha value is -5.66. The Labute approximate surface area is 277 Å². The van der Waals surface area contributed by atoms with E-state index in [0.717, 1.165) is 5.69 Å². The quantitative estimate of drug-likeness (QED) is 0.177. The van der Waals surface area contributed by atoms with Gasteiger partial charge in [-0.3, -0.25) is 0 Å². The average Bonchev–Trinajstić information content (AvgIpc) is 3.09. The lowest BCUT2D eigenvalue weighted by atomic mass is 9.94. The molecule has 8 rings (SSSR count). The van der Waals surface area contributed by atoms with E-state index < -0.39 is 0 Å². The Balaban J connectivity index is 1.15. The lowest BCUT2D eigenvalue weighted by Crippen LogP contribution is -2.12. The van der Waals surface area contributed by atoms with Gasteiger partial charge in [0.05, 0.1) is 0 Å². The first-order valence-electron chi connectivity index (χ1n) is 16.4. The smallest absolute Gasteiger partial charge is 0.0491 e. The second-order valence-corrected chi connectivity index (χ2v) is 13.0. The minimum absolute atomic E-state index is 1.15. The Kier molecular flexibility index (Phi) is 7.11. The summed E-state index contributed by atoms with van der Waals surface area (Å²) in [5.41, 5.74) is 13.6. The molecule has 8 aromatic carbocycles. The van der Waals surface area contributed by atoms with Crippen molar-refractivity contribution >= 4 is 49.4 Å². The van der Waals surface area contributed by atoms with Gasteiger partial charge >= 0.3 is 0 Å². The van der Waals surface area contributed by atoms with E-state index >= 15 is 0 Å². The summed E-state index contributed by atoms with van der Waals surface area (Å²) in [5, 5.41) is 7.58. The van der Waals surface area contributed by atoms with Gasteiger partial charge in [-0.25, -0.2) is 0 Å². The molecule has 0 spiro atoms. The molecule has 0 N–H and O–H groups in total. The summed E-state index contributed by atoms with van der Waals surface area (Å²) in [6, 6.07) is 56.0. The van der Waals surface area contributed by atoms with E-state index in [4.69, 9.17) is 0 Å². The van der Waals surface area contributed by atoms with Crippen LogP contribution in [0.25, 0.3) is 54.6 Å². The Bertz CT molecular complexity index is 2390. The van der Waals surface area contributed by atoms with Gasteiger partial charge in [0.1, 0.15) is 0 Å². The number of nitrogens with zero attached hydrogens (tertiary/aromatic N) is 1. The molecule has 0 saturated heterocycles. The molecule has 0 aliphatic heterocycles. The van der Waals surface area contributed by atoms with Gasteiger partial charge in [0.25, 0.3) is 0 Å². The van der Waals surface area contributed by atoms with Crippen molar-refractivity contribution in [1.29, 1.82) is 0 Å². The predicted octanol–water partition coefficient (Wildman–Crippen LogP) is 13.2. The fourth-order valence-electron chi connectivity index (χ4n) is 7.15. The van der Waals surface area contributed by atoms with Crippen molar-refractivity contribution < 1.29 is 0 Å². The molecule has 0 aromatic heterocycles. The van der Waals surface area contributed by atoms with Crippen LogP contribution in [0.1, 0.15) is 22.3 Å². The number of benzene rings is 8. The van der Waals surface area contributed by atoms with Gasteiger partial charge in [-0.1, -0.05) is 114 Å². The molecule has 0 saturated carbocycles. The lowest BCUT2D eigenvalue weighted by Gasteiger charge is -2.29. The number of rotatable bonds is 5. The van der Waals surface area contributed by atoms with Crippen molar-refractivity contribution in [2.45, 2.75) is 27.7 Å². The Morgan fingerprint density at radius 2 is 0.915 bits per heavy atom. The fourth-order valence-corrected chi connectivity index (χ4v) is 7.15. The first kappa shape index (κ1) is 28.8. The van der Waals surface area contributed by atoms with Crippen molar-refractivity contribution in [1.82, 2.24) is 0 Å². The van der Waals surface area contributed by atoms with E-state index in [-0.39, 0.29) is 0 Å². The molecular formula is C46H37N. The fraction of sp³-hybridized carbons (Fsp3) is 0.0870. The largest absolute Gasteiger partial charge is 0.310 e. The van der Waals surface area contributed by atoms with Gasteiger partial charge in [-0.2, -0.15) is 0 Å². The first-order chi connectivity index (χ1) is 22.9. The van der Waals surface area contributed by atoms with E-state index in [1.165, 1.54) is 88.2 Å². The maximum absolute atomic E-state index is 2.40. The maximum atomic E-state index is 2.40. The second-order valence-electron chi connectivity index (χ2n) is 13.0. The molecule has 0 heterocycles. The highest BCUT2D eigenvalue weighted by Crippen LogP contribution is 2.40. The normalized spacial score (nSPS) is 11.4. The molecule has 0 fully saturated rings. The highest BCUT2D eigenvalue weighted by atomic mass is 15.1. The summed E-state index contributed by atoms with van der Waals surface area (Å²) in [4.78, 5) is 2.40. The Morgan fingerprint density at radius 3 is 1.55 bits per heavy atom. The summed E-state index contributed by atoms with van der Waals surface area (Å²) >= 11 is 0. The second kappa shape index (κ2) is 11.6. The number of anilines is 3. The van der Waals surface area contributed by atoms with Gasteiger partial charge in [-0.15, -0.1) is 0 Å². The van der Waals surface area contributed by atoms with E-state index in [9.17, 15) is 0 Å². The van der Waals surface area contributed by atoms with E-state index in [1.807, 2.05) is 0 Å². The van der Waals surface area contributed by atoms with Gasteiger partial charge in [0.15, 0.2) is 0 Å². The van der Waals surface area contributed by atoms with Crippen LogP contribution in [0.15, 0.2) is 152 Å². The summed E-state index contributed by atoms with van der Waals surface area (Å²) < 4.78 is 0. The SMILES string of the molecule is Cc1ccc(N(c2ccc(-c3ccc4cc5cc(-c6cccc7ccccc67)ccc5cc4c3)cc2)c2ccc(C)cc2C)c(C)c1.